The van der Waals surface area contributed by atoms with Crippen molar-refractivity contribution in [2.24, 2.45) is 5.92 Å². The van der Waals surface area contributed by atoms with Gasteiger partial charge in [-0.25, -0.2) is 4.68 Å². The van der Waals surface area contributed by atoms with Gasteiger partial charge in [-0.1, -0.05) is 36.4 Å². The number of aromatic nitrogens is 2. The summed E-state index contributed by atoms with van der Waals surface area (Å²) in [6, 6.07) is 16.8. The van der Waals surface area contributed by atoms with Gasteiger partial charge in [-0.05, 0) is 25.3 Å². The number of benzene rings is 2. The smallest absolute Gasteiger partial charge is 0.231 e. The zero-order chi connectivity index (χ0) is 22.2. The van der Waals surface area contributed by atoms with Crippen molar-refractivity contribution in [1.82, 2.24) is 14.7 Å². The Labute approximate surface area is 192 Å². The highest BCUT2D eigenvalue weighted by Crippen LogP contribution is 2.32. The monoisotopic (exact) mass is 444 g/mol. The van der Waals surface area contributed by atoms with E-state index < -0.39 is 0 Å². The summed E-state index contributed by atoms with van der Waals surface area (Å²) in [5.41, 5.74) is 3.16. The highest BCUT2D eigenvalue weighted by Gasteiger charge is 2.27. The van der Waals surface area contributed by atoms with Crippen LogP contribution >= 0.6 is 0 Å². The van der Waals surface area contributed by atoms with Gasteiger partial charge in [0.15, 0.2) is 0 Å². The van der Waals surface area contributed by atoms with Gasteiger partial charge in [0.2, 0.25) is 5.91 Å². The maximum atomic E-state index is 12.5. The van der Waals surface area contributed by atoms with E-state index in [9.17, 15) is 4.79 Å². The van der Waals surface area contributed by atoms with E-state index in [2.05, 4.69) is 45.6 Å². The second-order valence-corrected chi connectivity index (χ2v) is 9.11. The van der Waals surface area contributed by atoms with Crippen molar-refractivity contribution in [2.45, 2.75) is 31.8 Å². The average molecular weight is 445 g/mol. The molecule has 7 nitrogen and oxygen atoms in total. The first-order valence-corrected chi connectivity index (χ1v) is 11.8. The number of nitrogens with zero attached hydrogens (tertiary/aromatic N) is 3. The lowest BCUT2D eigenvalue weighted by Gasteiger charge is -2.32. The third kappa shape index (κ3) is 3.92. The van der Waals surface area contributed by atoms with Gasteiger partial charge in [-0.15, -0.1) is 0 Å². The Morgan fingerprint density at radius 1 is 1.03 bits per heavy atom. The number of carbonyl (C=O) groups excluding carboxylic acids is 1. The number of para-hydroxylation sites is 2. The summed E-state index contributed by atoms with van der Waals surface area (Å²) in [5, 5.41) is 9.95. The van der Waals surface area contributed by atoms with E-state index in [0.29, 0.717) is 13.2 Å². The minimum atomic E-state index is -0.0591. The van der Waals surface area contributed by atoms with Crippen molar-refractivity contribution < 1.29 is 13.9 Å². The molecule has 0 bridgehead atoms. The van der Waals surface area contributed by atoms with Crippen LogP contribution in [0.3, 0.4) is 0 Å². The molecule has 2 aromatic heterocycles. The lowest BCUT2D eigenvalue weighted by atomic mass is 10.0. The van der Waals surface area contributed by atoms with Crippen LogP contribution < -0.4 is 5.32 Å². The van der Waals surface area contributed by atoms with Crippen LogP contribution in [0.4, 0.5) is 5.82 Å². The number of hydrogen-bond acceptors (Lipinski definition) is 5. The normalized spacial score (nSPS) is 20.1. The lowest BCUT2D eigenvalue weighted by molar-refractivity contribution is -0.119. The molecule has 4 aromatic rings. The predicted molar refractivity (Wildman–Crippen MR) is 127 cm³/mol. The zero-order valence-electron chi connectivity index (χ0n) is 18.6. The van der Waals surface area contributed by atoms with Crippen LogP contribution in [0.25, 0.3) is 21.9 Å². The number of ether oxygens (including phenoxy) is 1. The fourth-order valence-electron chi connectivity index (χ4n) is 5.17. The van der Waals surface area contributed by atoms with Crippen LogP contribution in [0.5, 0.6) is 0 Å². The van der Waals surface area contributed by atoms with Crippen molar-refractivity contribution in [3.8, 4) is 0 Å². The topological polar surface area (TPSA) is 72.5 Å². The molecule has 33 heavy (non-hydrogen) atoms. The van der Waals surface area contributed by atoms with Crippen LogP contribution in [-0.4, -0.2) is 46.9 Å². The van der Waals surface area contributed by atoms with Gasteiger partial charge >= 0.3 is 0 Å². The number of nitrogens with one attached hydrogen (secondary N) is 1. The van der Waals surface area contributed by atoms with Crippen molar-refractivity contribution in [2.75, 3.05) is 31.6 Å². The van der Waals surface area contributed by atoms with Gasteiger partial charge in [-0.2, -0.15) is 5.10 Å². The number of hydrogen-bond donors (Lipinski definition) is 1. The maximum Gasteiger partial charge on any atom is 0.231 e. The summed E-state index contributed by atoms with van der Waals surface area (Å²) in [7, 11) is 0. The Bertz CT molecular complexity index is 1280. The zero-order valence-corrected chi connectivity index (χ0v) is 18.6. The first-order valence-electron chi connectivity index (χ1n) is 11.8. The highest BCUT2D eigenvalue weighted by molar-refractivity contribution is 6.05. The van der Waals surface area contributed by atoms with E-state index in [0.717, 1.165) is 55.9 Å². The largest absolute Gasteiger partial charge is 0.456 e. The number of carbonyl (C=O) groups is 1. The molecule has 1 N–H and O–H groups in total. The van der Waals surface area contributed by atoms with E-state index in [1.165, 1.54) is 16.3 Å². The maximum absolute atomic E-state index is 12.5. The third-order valence-corrected chi connectivity index (χ3v) is 7.00. The van der Waals surface area contributed by atoms with E-state index in [-0.39, 0.29) is 17.9 Å². The van der Waals surface area contributed by atoms with E-state index >= 15 is 0 Å². The number of anilines is 1. The molecule has 0 spiro atoms. The van der Waals surface area contributed by atoms with Crippen molar-refractivity contribution >= 4 is 33.7 Å². The molecule has 0 saturated carbocycles. The Morgan fingerprint density at radius 2 is 1.88 bits per heavy atom. The minimum Gasteiger partial charge on any atom is -0.456 e. The number of likely N-dealkylation sites (tertiary alicyclic amines) is 1. The molecular weight excluding hydrogens is 416 g/mol. The molecule has 7 heteroatoms. The standard InChI is InChI=1S/C26H28N4O3/c31-26(19-11-15-32-17-19)28-24-8-12-27-30(24)20-9-13-29(14-10-20)16-18-4-3-6-22-21-5-1-2-7-23(21)33-25(18)22/h1-8,12,19-20H,9-11,13-17H2,(H,28,31). The number of furan rings is 1. The van der Waals surface area contributed by atoms with Gasteiger partial charge in [0.25, 0.3) is 0 Å². The Kier molecular flexibility index (Phi) is 5.36. The molecule has 1 amide bonds. The number of rotatable bonds is 5. The van der Waals surface area contributed by atoms with Crippen LogP contribution in [0.1, 0.15) is 30.9 Å². The SMILES string of the molecule is O=C(Nc1ccnn1C1CCN(Cc2cccc3c2oc2ccccc23)CC1)C1CCOC1. The predicted octanol–water partition coefficient (Wildman–Crippen LogP) is 4.59. The molecule has 2 aliphatic rings. The molecule has 4 heterocycles. The van der Waals surface area contributed by atoms with Crippen LogP contribution in [0.2, 0.25) is 0 Å². The van der Waals surface area contributed by atoms with E-state index in [4.69, 9.17) is 9.15 Å². The average Bonchev–Trinajstić information content (AvgIpc) is 3.60. The first kappa shape index (κ1) is 20.4. The van der Waals surface area contributed by atoms with Gasteiger partial charge < -0.3 is 14.5 Å². The molecule has 0 aliphatic carbocycles. The van der Waals surface area contributed by atoms with Gasteiger partial charge in [0, 0.05) is 48.6 Å². The summed E-state index contributed by atoms with van der Waals surface area (Å²) in [6.07, 6.45) is 4.55. The second-order valence-electron chi connectivity index (χ2n) is 9.11. The lowest BCUT2D eigenvalue weighted by Crippen LogP contribution is -2.35. The second kappa shape index (κ2) is 8.65. The summed E-state index contributed by atoms with van der Waals surface area (Å²) >= 11 is 0. The Balaban J connectivity index is 1.13. The molecule has 170 valence electrons. The van der Waals surface area contributed by atoms with Crippen LogP contribution in [-0.2, 0) is 16.1 Å². The van der Waals surface area contributed by atoms with Gasteiger partial charge in [0.1, 0.15) is 17.0 Å². The minimum absolute atomic E-state index is 0.0330. The molecular formula is C26H28N4O3. The molecule has 6 rings (SSSR count). The molecule has 0 radical (unpaired) electrons. The fraction of sp³-hybridized carbons (Fsp3) is 0.385. The Hall–Kier alpha value is -3.16. The van der Waals surface area contributed by atoms with Gasteiger partial charge in [-0.3, -0.25) is 9.69 Å². The fourth-order valence-corrected chi connectivity index (χ4v) is 5.17. The van der Waals surface area contributed by atoms with Crippen LogP contribution in [0.15, 0.2) is 59.1 Å². The Morgan fingerprint density at radius 3 is 2.73 bits per heavy atom. The van der Waals surface area contributed by atoms with E-state index in [1.54, 1.807) is 6.20 Å². The summed E-state index contributed by atoms with van der Waals surface area (Å²) < 4.78 is 13.6. The molecule has 2 aliphatic heterocycles. The van der Waals surface area contributed by atoms with Crippen molar-refractivity contribution in [1.29, 1.82) is 0 Å². The van der Waals surface area contributed by atoms with E-state index in [1.807, 2.05) is 22.9 Å². The number of piperidine rings is 1. The highest BCUT2D eigenvalue weighted by atomic mass is 16.5. The summed E-state index contributed by atoms with van der Waals surface area (Å²) in [6.45, 7) is 4.00. The molecule has 2 aromatic carbocycles. The first-order chi connectivity index (χ1) is 16.3. The number of amides is 1. The van der Waals surface area contributed by atoms with Crippen LogP contribution in [0, 0.1) is 5.92 Å². The summed E-state index contributed by atoms with van der Waals surface area (Å²) in [4.78, 5) is 15.0. The summed E-state index contributed by atoms with van der Waals surface area (Å²) in [5.74, 6) is 0.763. The molecule has 1 atom stereocenters. The number of fused-ring (bicyclic) bond motifs is 3. The van der Waals surface area contributed by atoms with Gasteiger partial charge in [0.05, 0.1) is 24.8 Å². The molecule has 2 fully saturated rings. The third-order valence-electron chi connectivity index (χ3n) is 7.00. The molecule has 1 unspecified atom stereocenters. The van der Waals surface area contributed by atoms with Crippen molar-refractivity contribution in [3.63, 3.8) is 0 Å². The quantitative estimate of drug-likeness (QED) is 0.487. The molecule has 2 saturated heterocycles. The van der Waals surface area contributed by atoms with Crippen molar-refractivity contribution in [3.05, 3.63) is 60.3 Å².